The van der Waals surface area contributed by atoms with Crippen molar-refractivity contribution in [3.8, 4) is 0 Å². The molecule has 0 saturated heterocycles. The summed E-state index contributed by atoms with van der Waals surface area (Å²) in [6, 6.07) is 9.46. The molecule has 0 amide bonds. The van der Waals surface area contributed by atoms with Gasteiger partial charge in [-0.3, -0.25) is 0 Å². The molecule has 0 aromatic heterocycles. The molecule has 0 radical (unpaired) electrons. The topological polar surface area (TPSA) is 72.2 Å². The van der Waals surface area contributed by atoms with Gasteiger partial charge in [0.05, 0.1) is 5.75 Å². The van der Waals surface area contributed by atoms with E-state index in [0.29, 0.717) is 19.5 Å². The molecule has 0 atom stereocenters. The molecule has 1 aromatic rings. The molecule has 0 heterocycles. The Morgan fingerprint density at radius 2 is 1.81 bits per heavy atom. The van der Waals surface area contributed by atoms with Crippen molar-refractivity contribution in [3.63, 3.8) is 0 Å². The van der Waals surface area contributed by atoms with Crippen LogP contribution in [0.15, 0.2) is 30.3 Å². The van der Waals surface area contributed by atoms with Crippen LogP contribution in [0.2, 0.25) is 0 Å². The molecule has 4 nitrogen and oxygen atoms in total. The zero-order valence-corrected chi connectivity index (χ0v) is 10.0. The Morgan fingerprint density at radius 3 is 2.44 bits per heavy atom. The van der Waals surface area contributed by atoms with Gasteiger partial charge in [-0.1, -0.05) is 30.3 Å². The number of rotatable bonds is 7. The van der Waals surface area contributed by atoms with Gasteiger partial charge in [0, 0.05) is 6.54 Å². The maximum Gasteiger partial charge on any atom is 0.211 e. The van der Waals surface area contributed by atoms with E-state index < -0.39 is 10.0 Å². The van der Waals surface area contributed by atoms with Crippen LogP contribution in [0.5, 0.6) is 0 Å². The highest BCUT2D eigenvalue weighted by molar-refractivity contribution is 7.89. The largest absolute Gasteiger partial charge is 0.330 e. The minimum Gasteiger partial charge on any atom is -0.330 e. The van der Waals surface area contributed by atoms with Gasteiger partial charge in [-0.05, 0) is 24.9 Å². The molecule has 3 N–H and O–H groups in total. The van der Waals surface area contributed by atoms with Crippen molar-refractivity contribution >= 4 is 10.0 Å². The van der Waals surface area contributed by atoms with Crippen LogP contribution in [0.1, 0.15) is 18.4 Å². The number of hydrogen-bond donors (Lipinski definition) is 2. The van der Waals surface area contributed by atoms with Gasteiger partial charge in [0.2, 0.25) is 10.0 Å². The zero-order chi connectivity index (χ0) is 11.9. The van der Waals surface area contributed by atoms with Gasteiger partial charge >= 0.3 is 0 Å². The molecule has 0 saturated carbocycles. The molecule has 0 spiro atoms. The highest BCUT2D eigenvalue weighted by Crippen LogP contribution is 2.00. The lowest BCUT2D eigenvalue weighted by atomic mass is 10.2. The van der Waals surface area contributed by atoms with E-state index in [0.717, 1.165) is 12.0 Å². The zero-order valence-electron chi connectivity index (χ0n) is 9.22. The van der Waals surface area contributed by atoms with Crippen LogP contribution >= 0.6 is 0 Å². The van der Waals surface area contributed by atoms with Crippen LogP contribution in [-0.2, 0) is 16.6 Å². The highest BCUT2D eigenvalue weighted by Gasteiger charge is 2.08. The van der Waals surface area contributed by atoms with E-state index in [2.05, 4.69) is 4.72 Å². The maximum absolute atomic E-state index is 11.5. The Kier molecular flexibility index (Phi) is 5.45. The average Bonchev–Trinajstić information content (AvgIpc) is 2.28. The summed E-state index contributed by atoms with van der Waals surface area (Å²) in [5, 5.41) is 0. The third kappa shape index (κ3) is 5.25. The van der Waals surface area contributed by atoms with E-state index in [4.69, 9.17) is 5.73 Å². The fraction of sp³-hybridized carbons (Fsp3) is 0.455. The molecule has 1 aromatic carbocycles. The van der Waals surface area contributed by atoms with Crippen molar-refractivity contribution in [1.82, 2.24) is 4.72 Å². The summed E-state index contributed by atoms with van der Waals surface area (Å²) in [7, 11) is -3.16. The first-order valence-corrected chi connectivity index (χ1v) is 7.00. The van der Waals surface area contributed by atoms with E-state index in [1.54, 1.807) is 0 Å². The molecule has 0 fully saturated rings. The van der Waals surface area contributed by atoms with Gasteiger partial charge < -0.3 is 5.73 Å². The van der Waals surface area contributed by atoms with Gasteiger partial charge in [0.15, 0.2) is 0 Å². The van der Waals surface area contributed by atoms with E-state index in [1.165, 1.54) is 0 Å². The summed E-state index contributed by atoms with van der Waals surface area (Å²) in [5.74, 6) is 0.150. The molecule has 0 aliphatic heterocycles. The SMILES string of the molecule is NCCCCS(=O)(=O)NCc1ccccc1. The van der Waals surface area contributed by atoms with Gasteiger partial charge in [-0.2, -0.15) is 0 Å². The quantitative estimate of drug-likeness (QED) is 0.696. The number of unbranched alkanes of at least 4 members (excludes halogenated alkanes) is 1. The highest BCUT2D eigenvalue weighted by atomic mass is 32.2. The first-order chi connectivity index (χ1) is 7.64. The summed E-state index contributed by atoms with van der Waals surface area (Å²) >= 11 is 0. The third-order valence-corrected chi connectivity index (χ3v) is 3.62. The van der Waals surface area contributed by atoms with Crippen LogP contribution in [0, 0.1) is 0 Å². The van der Waals surface area contributed by atoms with Crippen LogP contribution in [-0.4, -0.2) is 20.7 Å². The molecule has 5 heteroatoms. The van der Waals surface area contributed by atoms with Crippen LogP contribution in [0.25, 0.3) is 0 Å². The Labute approximate surface area is 96.9 Å². The van der Waals surface area contributed by atoms with Crippen molar-refractivity contribution in [2.24, 2.45) is 5.73 Å². The Balaban J connectivity index is 2.36. The van der Waals surface area contributed by atoms with Gasteiger partial charge in [0.1, 0.15) is 0 Å². The molecule has 0 bridgehead atoms. The summed E-state index contributed by atoms with van der Waals surface area (Å²) in [5.41, 5.74) is 6.27. The van der Waals surface area contributed by atoms with Crippen LogP contribution in [0.3, 0.4) is 0 Å². The van der Waals surface area contributed by atoms with Crippen molar-refractivity contribution < 1.29 is 8.42 Å². The third-order valence-electron chi connectivity index (χ3n) is 2.21. The van der Waals surface area contributed by atoms with Gasteiger partial charge in [0.25, 0.3) is 0 Å². The van der Waals surface area contributed by atoms with Crippen molar-refractivity contribution in [3.05, 3.63) is 35.9 Å². The fourth-order valence-corrected chi connectivity index (χ4v) is 2.41. The van der Waals surface area contributed by atoms with E-state index in [-0.39, 0.29) is 5.75 Å². The Hall–Kier alpha value is -0.910. The summed E-state index contributed by atoms with van der Waals surface area (Å²) in [6.45, 7) is 0.889. The summed E-state index contributed by atoms with van der Waals surface area (Å²) < 4.78 is 25.6. The second-order valence-corrected chi connectivity index (χ2v) is 5.55. The number of nitrogens with two attached hydrogens (primary N) is 1. The van der Waals surface area contributed by atoms with Crippen LogP contribution in [0.4, 0.5) is 0 Å². The van der Waals surface area contributed by atoms with E-state index in [9.17, 15) is 8.42 Å². The molecular formula is C11H18N2O2S. The predicted octanol–water partition coefficient (Wildman–Crippen LogP) is 0.845. The van der Waals surface area contributed by atoms with Crippen molar-refractivity contribution in [2.45, 2.75) is 19.4 Å². The minimum absolute atomic E-state index is 0.150. The number of benzene rings is 1. The molecule has 0 unspecified atom stereocenters. The molecule has 90 valence electrons. The normalized spacial score (nSPS) is 11.6. The van der Waals surface area contributed by atoms with E-state index >= 15 is 0 Å². The number of hydrogen-bond acceptors (Lipinski definition) is 3. The Bertz CT molecular complexity index is 390. The first kappa shape index (κ1) is 13.2. The fourth-order valence-electron chi connectivity index (χ4n) is 1.30. The predicted molar refractivity (Wildman–Crippen MR) is 65.4 cm³/mol. The summed E-state index contributed by atoms with van der Waals surface area (Å²) in [4.78, 5) is 0. The molecular weight excluding hydrogens is 224 g/mol. The van der Waals surface area contributed by atoms with Crippen LogP contribution < -0.4 is 10.5 Å². The monoisotopic (exact) mass is 242 g/mol. The first-order valence-electron chi connectivity index (χ1n) is 5.35. The molecule has 16 heavy (non-hydrogen) atoms. The Morgan fingerprint density at radius 1 is 1.12 bits per heavy atom. The number of nitrogens with one attached hydrogen (secondary N) is 1. The minimum atomic E-state index is -3.16. The van der Waals surface area contributed by atoms with E-state index in [1.807, 2.05) is 30.3 Å². The molecule has 1 rings (SSSR count). The second kappa shape index (κ2) is 6.62. The van der Waals surface area contributed by atoms with Crippen molar-refractivity contribution in [1.29, 1.82) is 0 Å². The van der Waals surface area contributed by atoms with Crippen molar-refractivity contribution in [2.75, 3.05) is 12.3 Å². The lowest BCUT2D eigenvalue weighted by Gasteiger charge is -2.06. The van der Waals surface area contributed by atoms with Gasteiger partial charge in [-0.15, -0.1) is 0 Å². The summed E-state index contributed by atoms with van der Waals surface area (Å²) in [6.07, 6.45) is 1.35. The lowest BCUT2D eigenvalue weighted by Crippen LogP contribution is -2.26. The average molecular weight is 242 g/mol. The lowest BCUT2D eigenvalue weighted by molar-refractivity contribution is 0.577. The maximum atomic E-state index is 11.5. The van der Waals surface area contributed by atoms with Gasteiger partial charge in [-0.25, -0.2) is 13.1 Å². The second-order valence-electron chi connectivity index (χ2n) is 3.62. The molecule has 0 aliphatic rings. The number of sulfonamides is 1. The molecule has 0 aliphatic carbocycles. The standard InChI is InChI=1S/C11H18N2O2S/c12-8-4-5-9-16(14,15)13-10-11-6-2-1-3-7-11/h1-3,6-7,13H,4-5,8-10,12H2. The smallest absolute Gasteiger partial charge is 0.211 e.